The largest absolute Gasteiger partial charge is 0.338 e. The molecule has 1 aliphatic rings. The van der Waals surface area contributed by atoms with Crippen LogP contribution < -0.4 is 10.7 Å². The predicted octanol–water partition coefficient (Wildman–Crippen LogP) is -0.391. The van der Waals surface area contributed by atoms with E-state index in [1.54, 1.807) is 6.07 Å². The third-order valence-corrected chi connectivity index (χ3v) is 2.04. The Bertz CT molecular complexity index is 558. The van der Waals surface area contributed by atoms with Gasteiger partial charge in [-0.2, -0.15) is 0 Å². The molecule has 0 radical (unpaired) electrons. The molecule has 1 aromatic carbocycles. The van der Waals surface area contributed by atoms with Gasteiger partial charge in [0, 0.05) is 0 Å². The Balaban J connectivity index is 2.92. The van der Waals surface area contributed by atoms with Gasteiger partial charge in [-0.25, -0.2) is 9.98 Å². The molecule has 2 amide bonds. The summed E-state index contributed by atoms with van der Waals surface area (Å²) in [5, 5.41) is 1.01. The number of hydrogen-bond acceptors (Lipinski definition) is 2. The number of hydrogen-bond donors (Lipinski definition) is 0. The van der Waals surface area contributed by atoms with Crippen molar-refractivity contribution in [2.24, 2.45) is 9.98 Å². The van der Waals surface area contributed by atoms with Gasteiger partial charge in [0.15, 0.2) is 0 Å². The lowest BCUT2D eigenvalue weighted by Crippen LogP contribution is -2.36. The number of aryl methyl sites for hydroxylation is 2. The molecule has 0 aromatic heterocycles. The average molecular weight is 188 g/mol. The molecule has 14 heavy (non-hydrogen) atoms. The van der Waals surface area contributed by atoms with Crippen molar-refractivity contribution in [1.29, 1.82) is 0 Å². The Kier molecular flexibility index (Phi) is 1.77. The highest BCUT2D eigenvalue weighted by Gasteiger charge is 2.15. The minimum Gasteiger partial charge on any atom is -0.261 e. The lowest BCUT2D eigenvalue weighted by Gasteiger charge is -2.01. The predicted molar refractivity (Wildman–Crippen MR) is 48.2 cm³/mol. The summed E-state index contributed by atoms with van der Waals surface area (Å²) in [5.41, 5.74) is 1.87. The maximum atomic E-state index is 11.0. The standard InChI is InChI=1S/C10H8N2O2/c1-5-3-6(2)8-7(4-5)11-9(13)10(14)12-8/h3-4H,1-2H3. The third kappa shape index (κ3) is 1.25. The Hall–Kier alpha value is -1.84. The summed E-state index contributed by atoms with van der Waals surface area (Å²) >= 11 is 0. The van der Waals surface area contributed by atoms with E-state index in [4.69, 9.17) is 0 Å². The smallest absolute Gasteiger partial charge is 0.261 e. The van der Waals surface area contributed by atoms with E-state index in [0.29, 0.717) is 10.7 Å². The highest BCUT2D eigenvalue weighted by atomic mass is 16.2. The van der Waals surface area contributed by atoms with Crippen LogP contribution in [0, 0.1) is 13.8 Å². The van der Waals surface area contributed by atoms with Crippen LogP contribution in [0.25, 0.3) is 0 Å². The highest BCUT2D eigenvalue weighted by Crippen LogP contribution is 1.95. The van der Waals surface area contributed by atoms with Crippen LogP contribution in [0.15, 0.2) is 22.1 Å². The molecule has 4 nitrogen and oxygen atoms in total. The Morgan fingerprint density at radius 2 is 1.64 bits per heavy atom. The maximum absolute atomic E-state index is 11.0. The molecule has 2 rings (SSSR count). The fraction of sp³-hybridized carbons (Fsp3) is 0.200. The molecule has 0 saturated heterocycles. The van der Waals surface area contributed by atoms with Crippen molar-refractivity contribution in [1.82, 2.24) is 0 Å². The lowest BCUT2D eigenvalue weighted by molar-refractivity contribution is -0.135. The van der Waals surface area contributed by atoms with Gasteiger partial charge in [-0.3, -0.25) is 9.59 Å². The van der Waals surface area contributed by atoms with Crippen molar-refractivity contribution in [3.05, 3.63) is 34.0 Å². The van der Waals surface area contributed by atoms with Crippen LogP contribution in [0.2, 0.25) is 0 Å². The molecule has 0 spiro atoms. The van der Waals surface area contributed by atoms with Crippen LogP contribution in [-0.2, 0) is 9.59 Å². The molecule has 0 bridgehead atoms. The van der Waals surface area contributed by atoms with E-state index in [-0.39, 0.29) is 0 Å². The lowest BCUT2D eigenvalue weighted by atomic mass is 10.1. The average Bonchev–Trinajstić information content (AvgIpc) is 2.08. The van der Waals surface area contributed by atoms with Gasteiger partial charge in [0.1, 0.15) is 0 Å². The molecule has 1 heterocycles. The van der Waals surface area contributed by atoms with Crippen LogP contribution in [-0.4, -0.2) is 11.8 Å². The molecule has 1 aliphatic heterocycles. The summed E-state index contributed by atoms with van der Waals surface area (Å²) in [6, 6.07) is 3.65. The minimum atomic E-state index is -0.789. The third-order valence-electron chi connectivity index (χ3n) is 2.04. The molecule has 0 saturated carbocycles. The number of fused-ring (bicyclic) bond motifs is 1. The first-order chi connectivity index (χ1) is 6.58. The number of rotatable bonds is 0. The SMILES string of the molecule is Cc1cc(C)c2c(c1)=NC(=O)C(=O)N=2. The van der Waals surface area contributed by atoms with Gasteiger partial charge in [0.2, 0.25) is 0 Å². The van der Waals surface area contributed by atoms with Crippen molar-refractivity contribution in [3.8, 4) is 0 Å². The number of carbonyl (C=O) groups excluding carboxylic acids is 2. The van der Waals surface area contributed by atoms with Gasteiger partial charge in [0.25, 0.3) is 0 Å². The van der Waals surface area contributed by atoms with Crippen LogP contribution in [0.4, 0.5) is 0 Å². The topological polar surface area (TPSA) is 58.9 Å². The number of amides is 2. The van der Waals surface area contributed by atoms with Crippen molar-refractivity contribution < 1.29 is 9.59 Å². The number of nitrogens with zero attached hydrogens (tertiary/aromatic N) is 2. The van der Waals surface area contributed by atoms with Crippen molar-refractivity contribution in [3.63, 3.8) is 0 Å². The van der Waals surface area contributed by atoms with Gasteiger partial charge < -0.3 is 0 Å². The normalized spacial score (nSPS) is 14.4. The second-order valence-corrected chi connectivity index (χ2v) is 3.28. The van der Waals surface area contributed by atoms with Gasteiger partial charge in [-0.1, -0.05) is 6.07 Å². The fourth-order valence-electron chi connectivity index (χ4n) is 1.47. The molecular weight excluding hydrogens is 180 g/mol. The molecule has 4 heteroatoms. The summed E-state index contributed by atoms with van der Waals surface area (Å²) < 4.78 is 0. The molecule has 0 atom stereocenters. The van der Waals surface area contributed by atoms with E-state index in [0.717, 1.165) is 11.1 Å². The van der Waals surface area contributed by atoms with E-state index < -0.39 is 11.8 Å². The zero-order chi connectivity index (χ0) is 10.3. The number of benzene rings is 1. The molecule has 0 unspecified atom stereocenters. The summed E-state index contributed by atoms with van der Waals surface area (Å²) in [6.07, 6.45) is 0. The Morgan fingerprint density at radius 3 is 2.36 bits per heavy atom. The van der Waals surface area contributed by atoms with Crippen molar-refractivity contribution in [2.75, 3.05) is 0 Å². The fourth-order valence-corrected chi connectivity index (χ4v) is 1.47. The van der Waals surface area contributed by atoms with Crippen molar-refractivity contribution >= 4 is 11.8 Å². The molecule has 0 N–H and O–H groups in total. The van der Waals surface area contributed by atoms with Gasteiger partial charge in [-0.05, 0) is 31.0 Å². The second-order valence-electron chi connectivity index (χ2n) is 3.28. The number of carbonyl (C=O) groups is 2. The zero-order valence-corrected chi connectivity index (χ0v) is 7.87. The minimum absolute atomic E-state index is 0.493. The summed E-state index contributed by atoms with van der Waals surface area (Å²) in [6.45, 7) is 3.75. The van der Waals surface area contributed by atoms with E-state index in [2.05, 4.69) is 9.98 Å². The van der Waals surface area contributed by atoms with Gasteiger partial charge >= 0.3 is 11.8 Å². The van der Waals surface area contributed by atoms with E-state index in [9.17, 15) is 9.59 Å². The van der Waals surface area contributed by atoms with Crippen LogP contribution in [0.5, 0.6) is 0 Å². The quantitative estimate of drug-likeness (QED) is 0.520. The summed E-state index contributed by atoms with van der Waals surface area (Å²) in [4.78, 5) is 29.3. The molecule has 70 valence electrons. The molecule has 0 fully saturated rings. The molecular formula is C10H8N2O2. The van der Waals surface area contributed by atoms with Crippen LogP contribution in [0.1, 0.15) is 11.1 Å². The van der Waals surface area contributed by atoms with E-state index >= 15 is 0 Å². The van der Waals surface area contributed by atoms with Gasteiger partial charge in [-0.15, -0.1) is 0 Å². The highest BCUT2D eigenvalue weighted by molar-refractivity contribution is 6.36. The monoisotopic (exact) mass is 188 g/mol. The first-order valence-corrected chi connectivity index (χ1v) is 4.21. The first kappa shape index (κ1) is 8.74. The maximum Gasteiger partial charge on any atom is 0.338 e. The molecule has 0 aliphatic carbocycles. The zero-order valence-electron chi connectivity index (χ0n) is 7.87. The van der Waals surface area contributed by atoms with E-state index in [1.165, 1.54) is 0 Å². The Labute approximate surface area is 80.0 Å². The van der Waals surface area contributed by atoms with Gasteiger partial charge in [0.05, 0.1) is 10.7 Å². The molecule has 1 aromatic rings. The van der Waals surface area contributed by atoms with Crippen molar-refractivity contribution in [2.45, 2.75) is 13.8 Å². The summed E-state index contributed by atoms with van der Waals surface area (Å²) in [7, 11) is 0. The van der Waals surface area contributed by atoms with Crippen LogP contribution >= 0.6 is 0 Å². The van der Waals surface area contributed by atoms with Crippen LogP contribution in [0.3, 0.4) is 0 Å². The summed E-state index contributed by atoms with van der Waals surface area (Å²) in [5.74, 6) is -1.58. The van der Waals surface area contributed by atoms with E-state index in [1.807, 2.05) is 19.9 Å². The second kappa shape index (κ2) is 2.83. The Morgan fingerprint density at radius 1 is 1.00 bits per heavy atom. The first-order valence-electron chi connectivity index (χ1n) is 4.21.